The van der Waals surface area contributed by atoms with Gasteiger partial charge in [-0.3, -0.25) is 0 Å². The van der Waals surface area contributed by atoms with Gasteiger partial charge in [0.1, 0.15) is 0 Å². The van der Waals surface area contributed by atoms with Gasteiger partial charge in [-0.25, -0.2) is 0 Å². The Morgan fingerprint density at radius 2 is 0.411 bits per heavy atom. The minimum Gasteiger partial charge on any atom is -0.0656 e. The molecule has 0 spiro atoms. The molecule has 0 aliphatic rings. The molecule has 0 fully saturated rings. The van der Waals surface area contributed by atoms with E-state index in [9.17, 15) is 0 Å². The van der Waals surface area contributed by atoms with Gasteiger partial charge in [0.2, 0.25) is 0 Å². The van der Waals surface area contributed by atoms with Crippen LogP contribution in [0.15, 0.2) is 133 Å². The average molecular weight is 795 g/mol. The Kier molecular flexibility index (Phi) is 9.40. The topological polar surface area (TPSA) is 0 Å². The Balaban J connectivity index is 1.48. The van der Waals surface area contributed by atoms with E-state index in [0.29, 0.717) is 0 Å². The van der Waals surface area contributed by atoms with Gasteiger partial charge >= 0.3 is 0 Å². The summed E-state index contributed by atoms with van der Waals surface area (Å²) < 4.78 is 0. The molecule has 0 amide bonds. The van der Waals surface area contributed by atoms with Gasteiger partial charge in [-0.1, -0.05) is 221 Å². The average Bonchev–Trinajstić information content (AvgIpc) is 3.15. The van der Waals surface area contributed by atoms with Crippen molar-refractivity contribution in [1.29, 1.82) is 0 Å². The Morgan fingerprint density at radius 1 is 0.232 bits per heavy atom. The van der Waals surface area contributed by atoms with Crippen LogP contribution in [0.5, 0.6) is 0 Å². The Bertz CT molecular complexity index is 2340. The zero-order chi connectivity index (χ0) is 39.9. The quantitative estimate of drug-likeness (QED) is 0.106. The van der Waals surface area contributed by atoms with E-state index >= 15 is 0 Å². The predicted octanol–water partition coefficient (Wildman–Crippen LogP) is 13.4. The fourth-order valence-corrected chi connectivity index (χ4v) is 13.2. The maximum atomic E-state index is 2.49. The third-order valence-electron chi connectivity index (χ3n) is 12.1. The van der Waals surface area contributed by atoms with Crippen molar-refractivity contribution in [3.8, 4) is 44.5 Å². The fourth-order valence-electron chi connectivity index (χ4n) is 8.55. The molecule has 0 N–H and O–H groups in total. The standard InChI is InChI=1S/C52H58Si4/c1-53(2,3)39-21-13-35(14-22-39)47-33-48(36-15-23-40(24-16-36)54(4,5)6)44-31-32-46-50(38-19-27-42(28-20-38)56(10,11)12)34-49(45-30-29-43(47)51(44)52(45)46)37-17-25-41(26-18-37)55(7,8)9/h13-34H,1-12H3. The van der Waals surface area contributed by atoms with Crippen molar-refractivity contribution < 1.29 is 0 Å². The molecule has 0 atom stereocenters. The van der Waals surface area contributed by atoms with Gasteiger partial charge in [-0.2, -0.15) is 0 Å². The van der Waals surface area contributed by atoms with E-state index < -0.39 is 32.3 Å². The predicted molar refractivity (Wildman–Crippen MR) is 264 cm³/mol. The van der Waals surface area contributed by atoms with Crippen molar-refractivity contribution in [2.45, 2.75) is 78.6 Å². The zero-order valence-electron chi connectivity index (χ0n) is 35.7. The molecule has 0 aromatic heterocycles. The first-order valence-corrected chi connectivity index (χ1v) is 34.5. The van der Waals surface area contributed by atoms with Crippen LogP contribution in [-0.2, 0) is 0 Å². The molecule has 282 valence electrons. The number of hydrogen-bond acceptors (Lipinski definition) is 0. The van der Waals surface area contributed by atoms with Gasteiger partial charge in [0, 0.05) is 0 Å². The molecule has 8 aromatic rings. The number of benzene rings is 8. The van der Waals surface area contributed by atoms with E-state index in [4.69, 9.17) is 0 Å². The summed E-state index contributed by atoms with van der Waals surface area (Å²) in [5.41, 5.74) is 10.4. The summed E-state index contributed by atoms with van der Waals surface area (Å²) in [6.45, 7) is 29.2. The van der Waals surface area contributed by atoms with E-state index in [1.54, 1.807) is 0 Å². The fraction of sp³-hybridized carbons (Fsp3) is 0.231. The number of rotatable bonds is 8. The highest BCUT2D eigenvalue weighted by Gasteiger charge is 2.24. The Hall–Kier alpha value is -4.33. The third kappa shape index (κ3) is 7.00. The molecular formula is C52H58Si4. The lowest BCUT2D eigenvalue weighted by molar-refractivity contribution is 1.62. The van der Waals surface area contributed by atoms with E-state index in [-0.39, 0.29) is 0 Å². The van der Waals surface area contributed by atoms with Crippen LogP contribution in [0.4, 0.5) is 0 Å². The van der Waals surface area contributed by atoms with Gasteiger partial charge in [-0.15, -0.1) is 0 Å². The molecule has 0 unspecified atom stereocenters. The molecule has 56 heavy (non-hydrogen) atoms. The van der Waals surface area contributed by atoms with Crippen LogP contribution >= 0.6 is 0 Å². The van der Waals surface area contributed by atoms with E-state index in [0.717, 1.165) is 0 Å². The van der Waals surface area contributed by atoms with Gasteiger partial charge in [-0.05, 0) is 89.0 Å². The second-order valence-corrected chi connectivity index (χ2v) is 40.6. The SMILES string of the molecule is C[Si](C)(C)c1ccc(-c2cc(-c3ccc([Si](C)(C)C)cc3)c3ccc4c(-c5ccc([Si](C)(C)C)cc5)cc(-c5ccc([Si](C)(C)C)cc5)c5ccc2c3c54)cc1. The molecular weight excluding hydrogens is 737 g/mol. The van der Waals surface area contributed by atoms with Crippen LogP contribution in [0.1, 0.15) is 0 Å². The lowest BCUT2D eigenvalue weighted by atomic mass is 9.82. The minimum atomic E-state index is -1.45. The summed E-state index contributed by atoms with van der Waals surface area (Å²) >= 11 is 0. The van der Waals surface area contributed by atoms with E-state index in [1.807, 2.05) is 0 Å². The first-order chi connectivity index (χ1) is 26.3. The summed E-state index contributed by atoms with van der Waals surface area (Å²) in [5, 5.41) is 14.0. The van der Waals surface area contributed by atoms with Gasteiger partial charge in [0.15, 0.2) is 0 Å². The van der Waals surface area contributed by atoms with Crippen LogP contribution in [0, 0.1) is 0 Å². The normalized spacial score (nSPS) is 13.0. The zero-order valence-corrected chi connectivity index (χ0v) is 39.7. The van der Waals surface area contributed by atoms with E-state index in [1.165, 1.54) is 97.6 Å². The molecule has 0 saturated heterocycles. The van der Waals surface area contributed by atoms with Gasteiger partial charge in [0.05, 0.1) is 32.3 Å². The van der Waals surface area contributed by atoms with Crippen LogP contribution in [0.3, 0.4) is 0 Å². The monoisotopic (exact) mass is 794 g/mol. The molecule has 0 aliphatic heterocycles. The molecule has 8 aromatic carbocycles. The highest BCUT2D eigenvalue weighted by atomic mass is 28.3. The summed E-state index contributed by atoms with van der Waals surface area (Å²) in [5.74, 6) is 0. The molecule has 0 heterocycles. The Morgan fingerprint density at radius 3 is 0.571 bits per heavy atom. The summed E-state index contributed by atoms with van der Waals surface area (Å²) in [4.78, 5) is 0. The second kappa shape index (κ2) is 13.7. The van der Waals surface area contributed by atoms with Crippen LogP contribution in [0.2, 0.25) is 78.6 Å². The molecule has 0 bridgehead atoms. The van der Waals surface area contributed by atoms with Crippen LogP contribution in [-0.4, -0.2) is 32.3 Å². The van der Waals surface area contributed by atoms with Crippen molar-refractivity contribution in [2.24, 2.45) is 0 Å². The molecule has 0 aliphatic carbocycles. The second-order valence-electron chi connectivity index (χ2n) is 20.3. The largest absolute Gasteiger partial charge is 0.0775 e. The molecule has 0 radical (unpaired) electrons. The maximum absolute atomic E-state index is 2.49. The van der Waals surface area contributed by atoms with Crippen molar-refractivity contribution in [1.82, 2.24) is 0 Å². The van der Waals surface area contributed by atoms with Crippen molar-refractivity contribution in [3.63, 3.8) is 0 Å². The van der Waals surface area contributed by atoms with Gasteiger partial charge in [0.25, 0.3) is 0 Å². The molecule has 8 rings (SSSR count). The third-order valence-corrected chi connectivity index (χ3v) is 20.4. The highest BCUT2D eigenvalue weighted by Crippen LogP contribution is 2.48. The summed E-state index contributed by atoms with van der Waals surface area (Å²) in [6.07, 6.45) is 0. The van der Waals surface area contributed by atoms with Crippen molar-refractivity contribution >= 4 is 85.4 Å². The van der Waals surface area contributed by atoms with Gasteiger partial charge < -0.3 is 0 Å². The molecule has 0 nitrogen and oxygen atoms in total. The molecule has 4 heteroatoms. The highest BCUT2D eigenvalue weighted by molar-refractivity contribution is 6.90. The number of hydrogen-bond donors (Lipinski definition) is 0. The van der Waals surface area contributed by atoms with Crippen molar-refractivity contribution in [3.05, 3.63) is 133 Å². The molecule has 0 saturated carbocycles. The smallest absolute Gasteiger partial charge is 0.0656 e. The maximum Gasteiger partial charge on any atom is 0.0775 e. The Labute approximate surface area is 340 Å². The summed E-state index contributed by atoms with van der Waals surface area (Å²) in [6, 6.07) is 52.9. The first-order valence-electron chi connectivity index (χ1n) is 20.5. The first kappa shape index (κ1) is 38.5. The lowest BCUT2D eigenvalue weighted by Crippen LogP contribution is -2.37. The minimum absolute atomic E-state index is 1.29. The van der Waals surface area contributed by atoms with Crippen LogP contribution in [0.25, 0.3) is 76.8 Å². The van der Waals surface area contributed by atoms with E-state index in [2.05, 4.69) is 212 Å². The summed E-state index contributed by atoms with van der Waals surface area (Å²) in [7, 11) is -5.78. The van der Waals surface area contributed by atoms with Crippen molar-refractivity contribution in [2.75, 3.05) is 0 Å². The lowest BCUT2D eigenvalue weighted by Gasteiger charge is -2.23. The van der Waals surface area contributed by atoms with Crippen LogP contribution < -0.4 is 20.7 Å².